The first kappa shape index (κ1) is 16.0. The third-order valence-electron chi connectivity index (χ3n) is 2.97. The Morgan fingerprint density at radius 3 is 2.57 bits per heavy atom. The molecule has 0 aliphatic carbocycles. The van der Waals surface area contributed by atoms with Gasteiger partial charge in [-0.3, -0.25) is 0 Å². The van der Waals surface area contributed by atoms with E-state index in [1.165, 1.54) is 0 Å². The molecule has 1 aromatic heterocycles. The van der Waals surface area contributed by atoms with Crippen LogP contribution in [0.1, 0.15) is 31.2 Å². The quantitative estimate of drug-likeness (QED) is 0.763. The number of methoxy groups -OCH3 is 1. The van der Waals surface area contributed by atoms with E-state index in [1.807, 2.05) is 19.1 Å². The zero-order valence-corrected chi connectivity index (χ0v) is 14.7. The fourth-order valence-corrected chi connectivity index (χ4v) is 2.38. The molecule has 0 aliphatic heterocycles. The van der Waals surface area contributed by atoms with Crippen molar-refractivity contribution in [3.8, 4) is 5.75 Å². The minimum Gasteiger partial charge on any atom is -0.495 e. The minimum absolute atomic E-state index is 0.247. The Labute approximate surface area is 138 Å². The second kappa shape index (κ2) is 6.62. The van der Waals surface area contributed by atoms with Crippen molar-refractivity contribution in [2.45, 2.75) is 26.7 Å². The zero-order chi connectivity index (χ0) is 15.6. The first-order valence-electron chi connectivity index (χ1n) is 6.56. The van der Waals surface area contributed by atoms with E-state index in [4.69, 9.17) is 16.3 Å². The Morgan fingerprint density at radius 2 is 1.95 bits per heavy atom. The van der Waals surface area contributed by atoms with Gasteiger partial charge in [-0.15, -0.1) is 0 Å². The molecule has 112 valence electrons. The molecule has 1 heterocycles. The predicted octanol–water partition coefficient (Wildman–Crippen LogP) is 5.08. The smallest absolute Gasteiger partial charge is 0.143 e. The molecule has 21 heavy (non-hydrogen) atoms. The minimum atomic E-state index is 0.247. The average Bonchev–Trinajstić information content (AvgIpc) is 2.42. The first-order valence-corrected chi connectivity index (χ1v) is 7.73. The molecule has 4 nitrogen and oxygen atoms in total. The third-order valence-corrected chi connectivity index (χ3v) is 3.79. The fourth-order valence-electron chi connectivity index (χ4n) is 1.83. The Balaban J connectivity index is 2.40. The summed E-state index contributed by atoms with van der Waals surface area (Å²) >= 11 is 9.53. The van der Waals surface area contributed by atoms with E-state index in [1.54, 1.807) is 13.2 Å². The molecule has 0 saturated carbocycles. The van der Waals surface area contributed by atoms with Crippen molar-refractivity contribution in [3.63, 3.8) is 0 Å². The molecule has 2 rings (SSSR count). The van der Waals surface area contributed by atoms with E-state index in [2.05, 4.69) is 45.1 Å². The molecule has 0 atom stereocenters. The summed E-state index contributed by atoms with van der Waals surface area (Å²) < 4.78 is 6.10. The molecule has 0 spiro atoms. The van der Waals surface area contributed by atoms with Gasteiger partial charge in [0, 0.05) is 23.1 Å². The molecular weight excluding hydrogens is 354 g/mol. The van der Waals surface area contributed by atoms with Crippen LogP contribution in [0, 0.1) is 6.92 Å². The molecule has 0 aliphatic rings. The van der Waals surface area contributed by atoms with Gasteiger partial charge in [0.1, 0.15) is 22.0 Å². The number of aryl methyl sites for hydroxylation is 1. The summed E-state index contributed by atoms with van der Waals surface area (Å²) in [7, 11) is 1.61. The Hall–Kier alpha value is -1.33. The van der Waals surface area contributed by atoms with Crippen LogP contribution in [0.5, 0.6) is 5.75 Å². The number of aromatic nitrogens is 2. The van der Waals surface area contributed by atoms with Crippen LogP contribution in [0.25, 0.3) is 0 Å². The second-order valence-corrected chi connectivity index (χ2v) is 6.24. The van der Waals surface area contributed by atoms with Gasteiger partial charge in [0.2, 0.25) is 0 Å². The number of nitrogens with zero attached hydrogens (tertiary/aromatic N) is 2. The molecule has 0 amide bonds. The van der Waals surface area contributed by atoms with Crippen LogP contribution in [0.15, 0.2) is 22.8 Å². The number of hydrogen-bond acceptors (Lipinski definition) is 4. The highest BCUT2D eigenvalue weighted by atomic mass is 79.9. The summed E-state index contributed by atoms with van der Waals surface area (Å²) in [6.07, 6.45) is 0. The molecule has 1 N–H and O–H groups in total. The molecule has 6 heteroatoms. The lowest BCUT2D eigenvalue weighted by Crippen LogP contribution is -2.03. The lowest BCUT2D eigenvalue weighted by molar-refractivity contribution is 0.416. The summed E-state index contributed by atoms with van der Waals surface area (Å²) in [5.74, 6) is 2.40. The molecule has 2 aromatic rings. The van der Waals surface area contributed by atoms with Crippen molar-refractivity contribution in [1.29, 1.82) is 0 Å². The molecule has 0 saturated heterocycles. The van der Waals surface area contributed by atoms with E-state index in [9.17, 15) is 0 Å². The average molecular weight is 371 g/mol. The topological polar surface area (TPSA) is 47.0 Å². The number of nitrogens with one attached hydrogen (secondary N) is 1. The Kier molecular flexibility index (Phi) is 5.06. The third kappa shape index (κ3) is 3.86. The molecule has 0 bridgehead atoms. The Morgan fingerprint density at radius 1 is 1.24 bits per heavy atom. The standard InChI is InChI=1S/C15H17BrClN3O/c1-8(2)15-19-13(16)7-14(20-15)18-11-5-9(3)10(17)6-12(11)21-4/h5-8H,1-4H3,(H,18,19,20). The van der Waals surface area contributed by atoms with Gasteiger partial charge in [-0.25, -0.2) is 9.97 Å². The molecule has 0 radical (unpaired) electrons. The molecule has 0 fully saturated rings. The van der Waals surface area contributed by atoms with Crippen LogP contribution in [-0.4, -0.2) is 17.1 Å². The molecular formula is C15H17BrClN3O. The van der Waals surface area contributed by atoms with Crippen molar-refractivity contribution in [2.24, 2.45) is 0 Å². The maximum absolute atomic E-state index is 6.12. The van der Waals surface area contributed by atoms with E-state index < -0.39 is 0 Å². The van der Waals surface area contributed by atoms with Crippen molar-refractivity contribution in [3.05, 3.63) is 39.2 Å². The van der Waals surface area contributed by atoms with E-state index in [0.29, 0.717) is 16.6 Å². The zero-order valence-electron chi connectivity index (χ0n) is 12.4. The largest absolute Gasteiger partial charge is 0.495 e. The number of benzene rings is 1. The summed E-state index contributed by atoms with van der Waals surface area (Å²) in [6.45, 7) is 6.06. The van der Waals surface area contributed by atoms with Gasteiger partial charge in [0.15, 0.2) is 0 Å². The fraction of sp³-hybridized carbons (Fsp3) is 0.333. The van der Waals surface area contributed by atoms with E-state index >= 15 is 0 Å². The van der Waals surface area contributed by atoms with Crippen molar-refractivity contribution in [1.82, 2.24) is 9.97 Å². The van der Waals surface area contributed by atoms with Gasteiger partial charge < -0.3 is 10.1 Å². The number of ether oxygens (including phenoxy) is 1. The number of rotatable bonds is 4. The summed E-state index contributed by atoms with van der Waals surface area (Å²) in [4.78, 5) is 8.88. The highest BCUT2D eigenvalue weighted by molar-refractivity contribution is 9.10. The van der Waals surface area contributed by atoms with Gasteiger partial charge in [0.05, 0.1) is 12.8 Å². The van der Waals surface area contributed by atoms with Gasteiger partial charge in [-0.1, -0.05) is 25.4 Å². The van der Waals surface area contributed by atoms with Crippen molar-refractivity contribution in [2.75, 3.05) is 12.4 Å². The second-order valence-electron chi connectivity index (χ2n) is 5.02. The van der Waals surface area contributed by atoms with Gasteiger partial charge in [-0.05, 0) is 34.5 Å². The van der Waals surface area contributed by atoms with Crippen LogP contribution >= 0.6 is 27.5 Å². The highest BCUT2D eigenvalue weighted by Gasteiger charge is 2.11. The normalized spacial score (nSPS) is 10.8. The summed E-state index contributed by atoms with van der Waals surface area (Å²) in [6, 6.07) is 5.56. The number of anilines is 2. The maximum Gasteiger partial charge on any atom is 0.143 e. The van der Waals surface area contributed by atoms with Crippen LogP contribution in [0.2, 0.25) is 5.02 Å². The molecule has 0 unspecified atom stereocenters. The van der Waals surface area contributed by atoms with Crippen molar-refractivity contribution >= 4 is 39.0 Å². The lowest BCUT2D eigenvalue weighted by Gasteiger charge is -2.14. The van der Waals surface area contributed by atoms with E-state index in [-0.39, 0.29) is 5.92 Å². The SMILES string of the molecule is COc1cc(Cl)c(C)cc1Nc1cc(Br)nc(C(C)C)n1. The highest BCUT2D eigenvalue weighted by Crippen LogP contribution is 2.33. The van der Waals surface area contributed by atoms with Crippen molar-refractivity contribution < 1.29 is 4.74 Å². The monoisotopic (exact) mass is 369 g/mol. The predicted molar refractivity (Wildman–Crippen MR) is 89.8 cm³/mol. The Bertz CT molecular complexity index is 662. The first-order chi connectivity index (χ1) is 9.90. The molecule has 1 aromatic carbocycles. The van der Waals surface area contributed by atoms with Crippen LogP contribution in [-0.2, 0) is 0 Å². The van der Waals surface area contributed by atoms with Crippen LogP contribution in [0.3, 0.4) is 0 Å². The number of halogens is 2. The van der Waals surface area contributed by atoms with E-state index in [0.717, 1.165) is 21.7 Å². The summed E-state index contributed by atoms with van der Waals surface area (Å²) in [5.41, 5.74) is 1.79. The van der Waals surface area contributed by atoms with Crippen LogP contribution < -0.4 is 10.1 Å². The summed E-state index contributed by atoms with van der Waals surface area (Å²) in [5, 5.41) is 3.93. The van der Waals surface area contributed by atoms with Gasteiger partial charge in [0.25, 0.3) is 0 Å². The number of hydrogen-bond donors (Lipinski definition) is 1. The lowest BCUT2D eigenvalue weighted by atomic mass is 10.2. The van der Waals surface area contributed by atoms with Gasteiger partial charge >= 0.3 is 0 Å². The van der Waals surface area contributed by atoms with Gasteiger partial charge in [-0.2, -0.15) is 0 Å². The van der Waals surface area contributed by atoms with Crippen LogP contribution in [0.4, 0.5) is 11.5 Å². The maximum atomic E-state index is 6.12.